The molecule has 1 unspecified atom stereocenters. The quantitative estimate of drug-likeness (QED) is 0.103. The van der Waals surface area contributed by atoms with Crippen molar-refractivity contribution in [2.45, 2.75) is 70.6 Å². The Morgan fingerprint density at radius 2 is 1.28 bits per heavy atom. The molecule has 12 heteroatoms. The number of esters is 2. The maximum absolute atomic E-state index is 15.2. The van der Waals surface area contributed by atoms with Crippen molar-refractivity contribution in [2.75, 3.05) is 18.4 Å². The minimum Gasteiger partial charge on any atom is -0.457 e. The molecule has 3 amide bonds. The van der Waals surface area contributed by atoms with E-state index in [9.17, 15) is 19.2 Å². The number of hydrogen-bond donors (Lipinski definition) is 3. The molecule has 0 saturated heterocycles. The van der Waals surface area contributed by atoms with Crippen LogP contribution in [0.4, 0.5) is 5.69 Å². The first-order valence-electron chi connectivity index (χ1n) is 22.7. The van der Waals surface area contributed by atoms with Crippen molar-refractivity contribution >= 4 is 46.4 Å². The van der Waals surface area contributed by atoms with Crippen LogP contribution in [-0.2, 0) is 40.3 Å². The molecule has 12 nitrogen and oxygen atoms in total. The van der Waals surface area contributed by atoms with E-state index in [1.807, 2.05) is 84.9 Å². The largest absolute Gasteiger partial charge is 0.457 e. The lowest BCUT2D eigenvalue weighted by atomic mass is 9.49. The summed E-state index contributed by atoms with van der Waals surface area (Å²) in [6, 6.07) is 32.8. The van der Waals surface area contributed by atoms with Crippen LogP contribution in [0.1, 0.15) is 102 Å². The van der Waals surface area contributed by atoms with Crippen LogP contribution in [0.15, 0.2) is 122 Å². The SMILES string of the molecule is O=C(OCc1ccccc1)c1cc(NC(=O)C2Cc3ccccc3CCN2C(=O)c2cc3[nH]cnc3cc2C(=O)NCC23CC4CC(CC(C4)C2)C3)cc(C(=O)OCc2ccccc2)c1. The summed E-state index contributed by atoms with van der Waals surface area (Å²) in [4.78, 5) is 80.6. The number of fused-ring (bicyclic) bond motifs is 2. The number of ether oxygens (including phenoxy) is 2. The van der Waals surface area contributed by atoms with Gasteiger partial charge in [-0.3, -0.25) is 14.4 Å². The Kier molecular flexibility index (Phi) is 11.5. The van der Waals surface area contributed by atoms with Gasteiger partial charge >= 0.3 is 11.9 Å². The number of nitrogens with zero attached hydrogens (tertiary/aromatic N) is 2. The van der Waals surface area contributed by atoms with E-state index in [1.54, 1.807) is 12.1 Å². The van der Waals surface area contributed by atoms with E-state index in [-0.39, 0.29) is 65.4 Å². The number of hydrogen-bond acceptors (Lipinski definition) is 8. The van der Waals surface area contributed by atoms with Crippen LogP contribution in [0, 0.1) is 23.2 Å². The normalized spacial score (nSPS) is 21.8. The van der Waals surface area contributed by atoms with Crippen LogP contribution in [-0.4, -0.2) is 63.7 Å². The molecule has 3 N–H and O–H groups in total. The van der Waals surface area contributed by atoms with Crippen LogP contribution in [0.3, 0.4) is 0 Å². The van der Waals surface area contributed by atoms with Gasteiger partial charge in [0.05, 0.1) is 39.6 Å². The van der Waals surface area contributed by atoms with Crippen LogP contribution in [0.25, 0.3) is 11.0 Å². The average molecular weight is 870 g/mol. The third-order valence-corrected chi connectivity index (χ3v) is 14.0. The molecule has 4 fully saturated rings. The predicted octanol–water partition coefficient (Wildman–Crippen LogP) is 8.47. The maximum atomic E-state index is 15.2. The molecule has 65 heavy (non-hydrogen) atoms. The van der Waals surface area contributed by atoms with E-state index in [1.165, 1.54) is 48.7 Å². The number of aromatic amines is 1. The first kappa shape index (κ1) is 41.9. The van der Waals surface area contributed by atoms with Crippen molar-refractivity contribution in [2.24, 2.45) is 23.2 Å². The van der Waals surface area contributed by atoms with Crippen LogP contribution in [0.2, 0.25) is 0 Å². The Hall–Kier alpha value is -7.08. The van der Waals surface area contributed by atoms with E-state index in [0.29, 0.717) is 24.0 Å². The second-order valence-electron chi connectivity index (χ2n) is 18.6. The molecule has 4 aliphatic carbocycles. The highest BCUT2D eigenvalue weighted by molar-refractivity contribution is 6.11. The fourth-order valence-corrected chi connectivity index (χ4v) is 11.3. The van der Waals surface area contributed by atoms with Gasteiger partial charge in [0, 0.05) is 25.2 Å². The van der Waals surface area contributed by atoms with Gasteiger partial charge in [0.15, 0.2) is 0 Å². The van der Waals surface area contributed by atoms with Crippen molar-refractivity contribution < 1.29 is 33.4 Å². The molecular weight excluding hydrogens is 819 g/mol. The lowest BCUT2D eigenvalue weighted by Crippen LogP contribution is -2.51. The molecule has 0 spiro atoms. The number of amides is 3. The van der Waals surface area contributed by atoms with E-state index in [0.717, 1.165) is 59.3 Å². The topological polar surface area (TPSA) is 160 Å². The zero-order valence-corrected chi connectivity index (χ0v) is 36.1. The van der Waals surface area contributed by atoms with Crippen LogP contribution >= 0.6 is 0 Å². The summed E-state index contributed by atoms with van der Waals surface area (Å²) < 4.78 is 11.3. The van der Waals surface area contributed by atoms with Crippen LogP contribution in [0.5, 0.6) is 0 Å². The second kappa shape index (κ2) is 17.8. The third kappa shape index (κ3) is 9.03. The first-order valence-corrected chi connectivity index (χ1v) is 22.7. The van der Waals surface area contributed by atoms with Gasteiger partial charge in [-0.2, -0.15) is 0 Å². The van der Waals surface area contributed by atoms with E-state index in [2.05, 4.69) is 20.6 Å². The van der Waals surface area contributed by atoms with Crippen molar-refractivity contribution in [1.82, 2.24) is 20.2 Å². The highest BCUT2D eigenvalue weighted by Gasteiger charge is 2.51. The van der Waals surface area contributed by atoms with Gasteiger partial charge in [-0.1, -0.05) is 84.9 Å². The smallest absolute Gasteiger partial charge is 0.338 e. The van der Waals surface area contributed by atoms with Gasteiger partial charge < -0.3 is 30.0 Å². The highest BCUT2D eigenvalue weighted by Crippen LogP contribution is 2.59. The number of imidazole rings is 1. The summed E-state index contributed by atoms with van der Waals surface area (Å²) in [7, 11) is 0. The Bertz CT molecular complexity index is 2680. The fraction of sp³-hybridized carbons (Fsp3) is 0.321. The third-order valence-electron chi connectivity index (χ3n) is 14.0. The first-order chi connectivity index (χ1) is 31.6. The minimum absolute atomic E-state index is 0.00474. The molecular formula is C53H51N5O7. The molecule has 11 rings (SSSR count). The fourth-order valence-electron chi connectivity index (χ4n) is 11.3. The van der Waals surface area contributed by atoms with Crippen molar-refractivity contribution in [3.8, 4) is 0 Å². The molecule has 4 saturated carbocycles. The molecule has 1 aliphatic heterocycles. The molecule has 4 bridgehead atoms. The molecule has 5 aromatic carbocycles. The zero-order valence-electron chi connectivity index (χ0n) is 36.1. The monoisotopic (exact) mass is 869 g/mol. The van der Waals surface area contributed by atoms with Crippen molar-refractivity contribution in [1.29, 1.82) is 0 Å². The van der Waals surface area contributed by atoms with Crippen molar-refractivity contribution in [3.05, 3.63) is 166 Å². The van der Waals surface area contributed by atoms with Crippen molar-refractivity contribution in [3.63, 3.8) is 0 Å². The molecule has 0 radical (unpaired) electrons. The summed E-state index contributed by atoms with van der Waals surface area (Å²) >= 11 is 0. The molecule has 6 aromatic rings. The Morgan fingerprint density at radius 3 is 1.89 bits per heavy atom. The van der Waals surface area contributed by atoms with Gasteiger partial charge in [-0.15, -0.1) is 0 Å². The molecule has 5 aliphatic rings. The van der Waals surface area contributed by atoms with Gasteiger partial charge in [0.1, 0.15) is 19.3 Å². The lowest BCUT2D eigenvalue weighted by molar-refractivity contribution is -0.120. The summed E-state index contributed by atoms with van der Waals surface area (Å²) in [6.07, 6.45) is 9.46. The van der Waals surface area contributed by atoms with E-state index < -0.39 is 29.8 Å². The summed E-state index contributed by atoms with van der Waals surface area (Å²) in [5.74, 6) is -0.584. The number of rotatable bonds is 12. The Labute approximate surface area is 377 Å². The number of benzene rings is 5. The number of carbonyl (C=O) groups excluding carboxylic acids is 5. The highest BCUT2D eigenvalue weighted by atomic mass is 16.5. The lowest BCUT2D eigenvalue weighted by Gasteiger charge is -2.56. The molecule has 1 atom stereocenters. The number of nitrogens with one attached hydrogen (secondary N) is 3. The van der Waals surface area contributed by atoms with Gasteiger partial charge in [0.25, 0.3) is 11.8 Å². The molecule has 330 valence electrons. The summed E-state index contributed by atoms with van der Waals surface area (Å²) in [5.41, 5.74) is 5.27. The Morgan fingerprint density at radius 1 is 0.692 bits per heavy atom. The number of aromatic nitrogens is 2. The van der Waals surface area contributed by atoms with E-state index >= 15 is 4.79 Å². The van der Waals surface area contributed by atoms with Gasteiger partial charge in [0.2, 0.25) is 5.91 Å². The minimum atomic E-state index is -1.05. The van der Waals surface area contributed by atoms with Crippen LogP contribution < -0.4 is 10.6 Å². The second-order valence-corrected chi connectivity index (χ2v) is 18.6. The zero-order chi connectivity index (χ0) is 44.5. The number of anilines is 1. The predicted molar refractivity (Wildman–Crippen MR) is 244 cm³/mol. The average Bonchev–Trinajstić information content (AvgIpc) is 3.70. The molecule has 2 heterocycles. The summed E-state index contributed by atoms with van der Waals surface area (Å²) in [6.45, 7) is 0.739. The summed E-state index contributed by atoms with van der Waals surface area (Å²) in [5, 5.41) is 6.21. The maximum Gasteiger partial charge on any atom is 0.338 e. The number of carbonyl (C=O) groups is 5. The standard InChI is InChI=1S/C53H51N5O7/c59-48(54-31-53-26-35-17-36(27-53)19-37(18-35)28-53)43-24-45-46(56-32-55-45)25-44(43)50(61)58-16-15-38-13-7-8-14-39(38)23-47(58)49(60)57-42-21-40(51(62)64-29-33-9-3-1-4-10-33)20-41(22-42)52(63)65-30-34-11-5-2-6-12-34/h1-14,20-22,24-25,32,35-37,47H,15-19,23,26-31H2,(H,54,59)(H,55,56)(H,57,60). The van der Waals surface area contributed by atoms with E-state index in [4.69, 9.17) is 9.47 Å². The Balaban J connectivity index is 0.944. The van der Waals surface area contributed by atoms with Gasteiger partial charge in [-0.25, -0.2) is 14.6 Å². The number of H-pyrrole nitrogens is 1. The van der Waals surface area contributed by atoms with Gasteiger partial charge in [-0.05, 0) is 121 Å². The molecule has 1 aromatic heterocycles.